The van der Waals surface area contributed by atoms with Crippen LogP contribution in [0, 0.1) is 5.92 Å². The van der Waals surface area contributed by atoms with Crippen LogP contribution in [0.25, 0.3) is 11.1 Å². The number of carbonyl (C=O) groups is 1. The zero-order chi connectivity index (χ0) is 16.2. The Bertz CT molecular complexity index is 683. The molecule has 2 atom stereocenters. The summed E-state index contributed by atoms with van der Waals surface area (Å²) < 4.78 is 10.7. The number of hydrogen-bond donors (Lipinski definition) is 2. The molecule has 6 heteroatoms. The Morgan fingerprint density at radius 3 is 3.09 bits per heavy atom. The van der Waals surface area contributed by atoms with E-state index in [1.54, 1.807) is 7.11 Å². The van der Waals surface area contributed by atoms with Crippen molar-refractivity contribution >= 4 is 22.7 Å². The van der Waals surface area contributed by atoms with Crippen LogP contribution in [0.5, 0.6) is 0 Å². The lowest BCUT2D eigenvalue weighted by molar-refractivity contribution is -0.117. The Balaban J connectivity index is 1.64. The van der Waals surface area contributed by atoms with E-state index in [1.165, 1.54) is 0 Å². The summed E-state index contributed by atoms with van der Waals surface area (Å²) in [6, 6.07) is 5.65. The fraction of sp³-hybridized carbons (Fsp3) is 0.529. The van der Waals surface area contributed by atoms with Crippen LogP contribution in [0.15, 0.2) is 22.6 Å². The van der Waals surface area contributed by atoms with E-state index in [4.69, 9.17) is 14.9 Å². The van der Waals surface area contributed by atoms with Crippen LogP contribution in [0.3, 0.4) is 0 Å². The minimum Gasteiger partial charge on any atom is -0.441 e. The van der Waals surface area contributed by atoms with E-state index < -0.39 is 0 Å². The summed E-state index contributed by atoms with van der Waals surface area (Å²) >= 11 is 0. The first kappa shape index (κ1) is 16.0. The van der Waals surface area contributed by atoms with Gasteiger partial charge in [0.15, 0.2) is 11.5 Å². The maximum Gasteiger partial charge on any atom is 0.224 e. The van der Waals surface area contributed by atoms with Crippen LogP contribution in [0.4, 0.5) is 5.69 Å². The molecule has 1 amide bonds. The topological polar surface area (TPSA) is 90.4 Å². The Hall–Kier alpha value is -1.92. The van der Waals surface area contributed by atoms with Crippen molar-refractivity contribution in [2.75, 3.05) is 19.0 Å². The molecule has 23 heavy (non-hydrogen) atoms. The molecule has 1 aromatic carbocycles. The summed E-state index contributed by atoms with van der Waals surface area (Å²) in [5, 5.41) is 2.93. The molecule has 1 fully saturated rings. The van der Waals surface area contributed by atoms with Gasteiger partial charge in [0.1, 0.15) is 5.52 Å². The number of fused-ring (bicyclic) bond motifs is 1. The van der Waals surface area contributed by atoms with Crippen molar-refractivity contribution in [3.63, 3.8) is 0 Å². The Morgan fingerprint density at radius 2 is 2.35 bits per heavy atom. The minimum absolute atomic E-state index is 0.00908. The number of anilines is 1. The lowest BCUT2D eigenvalue weighted by Gasteiger charge is -2.14. The third-order valence-corrected chi connectivity index (χ3v) is 4.40. The van der Waals surface area contributed by atoms with Crippen molar-refractivity contribution in [3.8, 4) is 0 Å². The monoisotopic (exact) mass is 317 g/mol. The second-order valence-corrected chi connectivity index (χ2v) is 6.14. The van der Waals surface area contributed by atoms with Crippen molar-refractivity contribution in [2.24, 2.45) is 11.7 Å². The zero-order valence-corrected chi connectivity index (χ0v) is 13.4. The van der Waals surface area contributed by atoms with E-state index in [9.17, 15) is 4.79 Å². The van der Waals surface area contributed by atoms with Gasteiger partial charge in [-0.2, -0.15) is 0 Å². The molecular formula is C17H23N3O3. The number of amides is 1. The van der Waals surface area contributed by atoms with E-state index >= 15 is 0 Å². The Kier molecular flexibility index (Phi) is 4.93. The van der Waals surface area contributed by atoms with Crippen molar-refractivity contribution in [3.05, 3.63) is 24.1 Å². The number of nitrogens with zero attached hydrogens (tertiary/aromatic N) is 1. The Morgan fingerprint density at radius 1 is 1.48 bits per heavy atom. The number of nitrogens with two attached hydrogens (primary N) is 1. The average molecular weight is 317 g/mol. The molecule has 1 heterocycles. The summed E-state index contributed by atoms with van der Waals surface area (Å²) in [6.45, 7) is 0.568. The highest BCUT2D eigenvalue weighted by Crippen LogP contribution is 2.27. The molecular weight excluding hydrogens is 294 g/mol. The highest BCUT2D eigenvalue weighted by molar-refractivity contribution is 5.92. The number of nitrogens with one attached hydrogen (secondary N) is 1. The van der Waals surface area contributed by atoms with Crippen LogP contribution in [-0.4, -0.2) is 30.6 Å². The first-order chi connectivity index (χ1) is 11.2. The second-order valence-electron chi connectivity index (χ2n) is 6.14. The van der Waals surface area contributed by atoms with Crippen LogP contribution >= 0.6 is 0 Å². The number of hydrogen-bond acceptors (Lipinski definition) is 5. The van der Waals surface area contributed by atoms with Crippen LogP contribution in [0.1, 0.15) is 31.6 Å². The summed E-state index contributed by atoms with van der Waals surface area (Å²) in [5.41, 5.74) is 8.22. The molecule has 1 aromatic heterocycles. The normalized spacial score (nSPS) is 21.0. The summed E-state index contributed by atoms with van der Waals surface area (Å²) in [5.74, 6) is 0.948. The molecule has 1 aliphatic rings. The molecule has 0 saturated heterocycles. The van der Waals surface area contributed by atoms with Crippen molar-refractivity contribution < 1.29 is 13.9 Å². The van der Waals surface area contributed by atoms with Gasteiger partial charge in [-0.15, -0.1) is 0 Å². The van der Waals surface area contributed by atoms with Crippen LogP contribution in [-0.2, 0) is 16.0 Å². The molecule has 0 bridgehead atoms. The smallest absolute Gasteiger partial charge is 0.224 e. The average Bonchev–Trinajstić information content (AvgIpc) is 3.11. The van der Waals surface area contributed by atoms with E-state index in [0.717, 1.165) is 30.5 Å². The minimum atomic E-state index is 0.00908. The number of rotatable bonds is 6. The highest BCUT2D eigenvalue weighted by atomic mass is 16.5. The number of aromatic nitrogens is 1. The van der Waals surface area contributed by atoms with Crippen molar-refractivity contribution in [1.29, 1.82) is 0 Å². The molecule has 3 N–H and O–H groups in total. The first-order valence-electron chi connectivity index (χ1n) is 8.09. The maximum atomic E-state index is 12.2. The molecule has 1 aliphatic carbocycles. The molecule has 0 spiro atoms. The number of oxazole rings is 1. The van der Waals surface area contributed by atoms with Crippen LogP contribution in [0.2, 0.25) is 0 Å². The third kappa shape index (κ3) is 3.89. The summed E-state index contributed by atoms with van der Waals surface area (Å²) in [6.07, 6.45) is 4.30. The second kappa shape index (κ2) is 7.10. The van der Waals surface area contributed by atoms with E-state index in [-0.39, 0.29) is 11.9 Å². The predicted octanol–water partition coefficient (Wildman–Crippen LogP) is 2.47. The van der Waals surface area contributed by atoms with E-state index in [1.807, 2.05) is 18.2 Å². The quantitative estimate of drug-likeness (QED) is 0.854. The van der Waals surface area contributed by atoms with E-state index in [0.29, 0.717) is 36.8 Å². The molecule has 124 valence electrons. The van der Waals surface area contributed by atoms with Gasteiger partial charge in [-0.1, -0.05) is 6.42 Å². The van der Waals surface area contributed by atoms with Gasteiger partial charge in [-0.25, -0.2) is 4.98 Å². The fourth-order valence-corrected chi connectivity index (χ4v) is 3.12. The van der Waals surface area contributed by atoms with Gasteiger partial charge in [0.05, 0.1) is 6.61 Å². The van der Waals surface area contributed by atoms with Gasteiger partial charge in [0.2, 0.25) is 5.91 Å². The van der Waals surface area contributed by atoms with Gasteiger partial charge < -0.3 is 20.2 Å². The lowest BCUT2D eigenvalue weighted by atomic mass is 10.00. The summed E-state index contributed by atoms with van der Waals surface area (Å²) in [7, 11) is 1.65. The van der Waals surface area contributed by atoms with E-state index in [2.05, 4.69) is 10.3 Å². The highest BCUT2D eigenvalue weighted by Gasteiger charge is 2.26. The standard InChI is InChI=1S/C17H23N3O3/c1-22-8-7-17-20-14-10-12(5-6-15(14)23-17)19-16(21)9-11-3-2-4-13(11)18/h5-6,10-11,13H,2-4,7-9,18H2,1H3,(H,19,21)/t11-,13+/m0/s1. The van der Waals surface area contributed by atoms with Crippen molar-refractivity contribution in [1.82, 2.24) is 4.98 Å². The fourth-order valence-electron chi connectivity index (χ4n) is 3.12. The van der Waals surface area contributed by atoms with Gasteiger partial charge in [0.25, 0.3) is 0 Å². The molecule has 0 aliphatic heterocycles. The van der Waals surface area contributed by atoms with Gasteiger partial charge in [-0.3, -0.25) is 4.79 Å². The molecule has 1 saturated carbocycles. The third-order valence-electron chi connectivity index (χ3n) is 4.40. The SMILES string of the molecule is COCCc1nc2cc(NC(=O)C[C@@H]3CCC[C@H]3N)ccc2o1. The lowest BCUT2D eigenvalue weighted by Crippen LogP contribution is -2.28. The molecule has 0 radical (unpaired) electrons. The molecule has 2 aromatic rings. The zero-order valence-electron chi connectivity index (χ0n) is 13.4. The van der Waals surface area contributed by atoms with Gasteiger partial charge in [-0.05, 0) is 37.0 Å². The van der Waals surface area contributed by atoms with Gasteiger partial charge >= 0.3 is 0 Å². The number of carbonyl (C=O) groups excluding carboxylic acids is 1. The summed E-state index contributed by atoms with van der Waals surface area (Å²) in [4.78, 5) is 16.6. The van der Waals surface area contributed by atoms with Crippen LogP contribution < -0.4 is 11.1 Å². The van der Waals surface area contributed by atoms with Crippen molar-refractivity contribution in [2.45, 2.75) is 38.1 Å². The first-order valence-corrected chi connectivity index (χ1v) is 8.09. The molecule has 0 unspecified atom stereocenters. The Labute approximate surface area is 135 Å². The number of methoxy groups -OCH3 is 1. The number of benzene rings is 1. The maximum absolute atomic E-state index is 12.2. The number of ether oxygens (including phenoxy) is 1. The van der Waals surface area contributed by atoms with Gasteiger partial charge in [0, 0.05) is 31.7 Å². The largest absolute Gasteiger partial charge is 0.441 e. The molecule has 3 rings (SSSR count). The predicted molar refractivity (Wildman–Crippen MR) is 88.2 cm³/mol. The molecule has 6 nitrogen and oxygen atoms in total.